The second-order valence-electron chi connectivity index (χ2n) is 7.79. The highest BCUT2D eigenvalue weighted by Crippen LogP contribution is 2.19. The summed E-state index contributed by atoms with van der Waals surface area (Å²) in [4.78, 5) is 25.7. The monoisotopic (exact) mass is 452 g/mol. The van der Waals surface area contributed by atoms with E-state index in [0.717, 1.165) is 42.6 Å². The lowest BCUT2D eigenvalue weighted by Crippen LogP contribution is -2.40. The molecular weight excluding hydrogens is 423 g/mol. The molecule has 2 aromatic carbocycles. The van der Waals surface area contributed by atoms with Crippen molar-refractivity contribution in [2.45, 2.75) is 25.7 Å². The number of ether oxygens (including phenoxy) is 1. The second-order valence-corrected chi connectivity index (χ2v) is 7.79. The number of hydrogen-bond acceptors (Lipinski definition) is 4. The number of amides is 2. The molecule has 0 aliphatic heterocycles. The quantitative estimate of drug-likeness (QED) is 0.411. The summed E-state index contributed by atoms with van der Waals surface area (Å²) < 4.78 is 18.7. The minimum absolute atomic E-state index is 0.0511. The summed E-state index contributed by atoms with van der Waals surface area (Å²) in [7, 11) is 1.73. The number of carbonyl (C=O) groups is 2. The molecule has 33 heavy (non-hydrogen) atoms. The lowest BCUT2D eigenvalue weighted by Gasteiger charge is -2.17. The smallest absolute Gasteiger partial charge is 0.258 e. The molecular formula is C25H29FN4O3. The third kappa shape index (κ3) is 8.07. The van der Waals surface area contributed by atoms with Crippen LogP contribution >= 0.6 is 0 Å². The highest BCUT2D eigenvalue weighted by Gasteiger charge is 2.11. The van der Waals surface area contributed by atoms with Gasteiger partial charge in [-0.05, 0) is 49.6 Å². The van der Waals surface area contributed by atoms with Gasteiger partial charge in [0.05, 0.1) is 12.2 Å². The van der Waals surface area contributed by atoms with Crippen molar-refractivity contribution in [2.75, 3.05) is 26.7 Å². The molecule has 0 saturated carbocycles. The molecule has 174 valence electrons. The Morgan fingerprint density at radius 3 is 2.67 bits per heavy atom. The van der Waals surface area contributed by atoms with Gasteiger partial charge in [0, 0.05) is 24.8 Å². The van der Waals surface area contributed by atoms with E-state index in [4.69, 9.17) is 4.74 Å². The van der Waals surface area contributed by atoms with Gasteiger partial charge in [-0.2, -0.15) is 5.10 Å². The van der Waals surface area contributed by atoms with E-state index in [-0.39, 0.29) is 30.8 Å². The zero-order valence-corrected chi connectivity index (χ0v) is 18.7. The molecule has 7 nitrogen and oxygen atoms in total. The van der Waals surface area contributed by atoms with Crippen LogP contribution in [0.4, 0.5) is 4.39 Å². The normalized spacial score (nSPS) is 10.6. The van der Waals surface area contributed by atoms with Gasteiger partial charge in [-0.1, -0.05) is 36.8 Å². The zero-order chi connectivity index (χ0) is 23.5. The summed E-state index contributed by atoms with van der Waals surface area (Å²) in [6.45, 7) is 0.437. The van der Waals surface area contributed by atoms with E-state index >= 15 is 0 Å². The van der Waals surface area contributed by atoms with Gasteiger partial charge in [0.25, 0.3) is 5.91 Å². The van der Waals surface area contributed by atoms with Crippen LogP contribution in [0.15, 0.2) is 60.7 Å². The molecule has 2 amide bonds. The molecule has 8 heteroatoms. The number of carbonyl (C=O) groups excluding carboxylic acids is 2. The summed E-state index contributed by atoms with van der Waals surface area (Å²) in [6.07, 6.45) is 3.58. The SMILES string of the molecule is CN(CCCCCc1cc(-c2cccc(F)c2)n[nH]1)C(=O)CNC(=O)COc1ccccc1. The van der Waals surface area contributed by atoms with Crippen molar-refractivity contribution >= 4 is 11.8 Å². The van der Waals surface area contributed by atoms with E-state index in [9.17, 15) is 14.0 Å². The van der Waals surface area contributed by atoms with E-state index in [1.807, 2.05) is 30.3 Å². The molecule has 0 spiro atoms. The van der Waals surface area contributed by atoms with Crippen molar-refractivity contribution in [3.63, 3.8) is 0 Å². The molecule has 0 fully saturated rings. The fourth-order valence-electron chi connectivity index (χ4n) is 3.28. The Balaban J connectivity index is 1.27. The van der Waals surface area contributed by atoms with Crippen molar-refractivity contribution in [3.8, 4) is 17.0 Å². The van der Waals surface area contributed by atoms with Gasteiger partial charge in [0.2, 0.25) is 5.91 Å². The zero-order valence-electron chi connectivity index (χ0n) is 18.7. The van der Waals surface area contributed by atoms with E-state index in [1.54, 1.807) is 30.1 Å². The Bertz CT molecular complexity index is 1040. The molecule has 0 unspecified atom stereocenters. The number of H-pyrrole nitrogens is 1. The Hall–Kier alpha value is -3.68. The van der Waals surface area contributed by atoms with E-state index < -0.39 is 0 Å². The van der Waals surface area contributed by atoms with Crippen LogP contribution in [0.5, 0.6) is 5.75 Å². The van der Waals surface area contributed by atoms with Gasteiger partial charge in [0.15, 0.2) is 6.61 Å². The number of likely N-dealkylation sites (N-methyl/N-ethyl adjacent to an activating group) is 1. The van der Waals surface area contributed by atoms with Crippen LogP contribution in [0.25, 0.3) is 11.3 Å². The highest BCUT2D eigenvalue weighted by molar-refractivity contribution is 5.85. The largest absolute Gasteiger partial charge is 0.484 e. The maximum Gasteiger partial charge on any atom is 0.258 e. The molecule has 2 N–H and O–H groups in total. The van der Waals surface area contributed by atoms with Crippen LogP contribution in [-0.4, -0.2) is 53.7 Å². The van der Waals surface area contributed by atoms with Crippen LogP contribution in [0, 0.1) is 5.82 Å². The summed E-state index contributed by atoms with van der Waals surface area (Å²) in [5.41, 5.74) is 2.47. The number of hydrogen-bond donors (Lipinski definition) is 2. The van der Waals surface area contributed by atoms with Crippen LogP contribution in [0.1, 0.15) is 25.0 Å². The predicted octanol–water partition coefficient (Wildman–Crippen LogP) is 3.58. The molecule has 0 saturated heterocycles. The van der Waals surface area contributed by atoms with Gasteiger partial charge in [-0.15, -0.1) is 0 Å². The topological polar surface area (TPSA) is 87.3 Å². The van der Waals surface area contributed by atoms with Crippen molar-refractivity contribution in [2.24, 2.45) is 0 Å². The lowest BCUT2D eigenvalue weighted by atomic mass is 10.1. The number of nitrogens with zero attached hydrogens (tertiary/aromatic N) is 2. The fourth-order valence-corrected chi connectivity index (χ4v) is 3.28. The summed E-state index contributed by atoms with van der Waals surface area (Å²) in [6, 6.07) is 17.4. The van der Waals surface area contributed by atoms with Crippen molar-refractivity contribution in [3.05, 3.63) is 72.2 Å². The van der Waals surface area contributed by atoms with Gasteiger partial charge in [-0.3, -0.25) is 14.7 Å². The van der Waals surface area contributed by atoms with E-state index in [2.05, 4.69) is 15.5 Å². The molecule has 1 aromatic heterocycles. The molecule has 1 heterocycles. The third-order valence-corrected chi connectivity index (χ3v) is 5.17. The van der Waals surface area contributed by atoms with Crippen LogP contribution in [0.2, 0.25) is 0 Å². The molecule has 0 aliphatic rings. The van der Waals surface area contributed by atoms with Crippen molar-refractivity contribution in [1.82, 2.24) is 20.4 Å². The number of halogens is 1. The Labute approximate surface area is 193 Å². The molecule has 0 bridgehead atoms. The average Bonchev–Trinajstić information content (AvgIpc) is 3.30. The van der Waals surface area contributed by atoms with Crippen molar-refractivity contribution in [1.29, 1.82) is 0 Å². The number of aromatic amines is 1. The first kappa shape index (κ1) is 24.0. The first-order chi connectivity index (χ1) is 16.0. The predicted molar refractivity (Wildman–Crippen MR) is 124 cm³/mol. The maximum atomic E-state index is 13.4. The summed E-state index contributed by atoms with van der Waals surface area (Å²) >= 11 is 0. The van der Waals surface area contributed by atoms with Crippen LogP contribution in [0.3, 0.4) is 0 Å². The number of para-hydroxylation sites is 1. The van der Waals surface area contributed by atoms with Gasteiger partial charge >= 0.3 is 0 Å². The van der Waals surface area contributed by atoms with E-state index in [0.29, 0.717) is 12.3 Å². The summed E-state index contributed by atoms with van der Waals surface area (Å²) in [5.74, 6) is -0.152. The minimum Gasteiger partial charge on any atom is -0.484 e. The molecule has 0 aliphatic carbocycles. The first-order valence-corrected chi connectivity index (χ1v) is 11.0. The van der Waals surface area contributed by atoms with Gasteiger partial charge in [0.1, 0.15) is 11.6 Å². The van der Waals surface area contributed by atoms with Crippen LogP contribution in [-0.2, 0) is 16.0 Å². The number of benzene rings is 2. The number of unbranched alkanes of at least 4 members (excludes halogenated alkanes) is 2. The fraction of sp³-hybridized carbons (Fsp3) is 0.320. The van der Waals surface area contributed by atoms with E-state index in [1.165, 1.54) is 12.1 Å². The van der Waals surface area contributed by atoms with Gasteiger partial charge < -0.3 is 15.0 Å². The number of aromatic nitrogens is 2. The molecule has 0 atom stereocenters. The minimum atomic E-state index is -0.335. The molecule has 3 aromatic rings. The first-order valence-electron chi connectivity index (χ1n) is 11.0. The Morgan fingerprint density at radius 2 is 1.88 bits per heavy atom. The Kier molecular flexibility index (Phi) is 8.99. The lowest BCUT2D eigenvalue weighted by molar-refractivity contribution is -0.132. The standard InChI is InChI=1S/C25H29FN4O3/c1-30(25(32)17-27-24(31)18-33-22-12-5-2-6-13-22)14-7-3-4-11-21-16-23(29-28-21)19-9-8-10-20(26)15-19/h2,5-6,8-10,12-13,15-16H,3-4,7,11,14,17-18H2,1H3,(H,27,31)(H,28,29). The number of nitrogens with one attached hydrogen (secondary N) is 2. The number of aryl methyl sites for hydroxylation is 1. The molecule has 3 rings (SSSR count). The molecule has 0 radical (unpaired) electrons. The average molecular weight is 453 g/mol. The highest BCUT2D eigenvalue weighted by atomic mass is 19.1. The number of rotatable bonds is 12. The Morgan fingerprint density at radius 1 is 1.06 bits per heavy atom. The van der Waals surface area contributed by atoms with Crippen molar-refractivity contribution < 1.29 is 18.7 Å². The van der Waals surface area contributed by atoms with Gasteiger partial charge in [-0.25, -0.2) is 4.39 Å². The third-order valence-electron chi connectivity index (χ3n) is 5.17. The van der Waals surface area contributed by atoms with Crippen LogP contribution < -0.4 is 10.1 Å². The summed E-state index contributed by atoms with van der Waals surface area (Å²) in [5, 5.41) is 9.84. The second kappa shape index (κ2) is 12.4. The maximum absolute atomic E-state index is 13.4.